The van der Waals surface area contributed by atoms with Crippen LogP contribution in [0.3, 0.4) is 0 Å². The van der Waals surface area contributed by atoms with Gasteiger partial charge in [-0.15, -0.1) is 0 Å². The molecule has 0 fully saturated rings. The molecule has 2 aromatic rings. The van der Waals surface area contributed by atoms with Crippen LogP contribution in [0, 0.1) is 0 Å². The van der Waals surface area contributed by atoms with Crippen LogP contribution in [0.25, 0.3) is 10.8 Å². The summed E-state index contributed by atoms with van der Waals surface area (Å²) < 4.78 is 0. The van der Waals surface area contributed by atoms with Gasteiger partial charge in [-0.3, -0.25) is 4.98 Å². The predicted molar refractivity (Wildman–Crippen MR) is 76.3 cm³/mol. The van der Waals surface area contributed by atoms with E-state index in [1.54, 1.807) is 0 Å². The molecule has 0 aliphatic rings. The standard InChI is InChI=1S/C14H18N2S/c1-10(2)17-9-14(15)12-5-3-4-11-6-7-16-8-13(11)12/h3-8,10,14H,9,15H2,1-2H3. The Balaban J connectivity index is 2.28. The Morgan fingerprint density at radius 2 is 2.12 bits per heavy atom. The van der Waals surface area contributed by atoms with Crippen molar-refractivity contribution < 1.29 is 0 Å². The molecule has 0 amide bonds. The summed E-state index contributed by atoms with van der Waals surface area (Å²) in [6, 6.07) is 8.38. The van der Waals surface area contributed by atoms with Crippen molar-refractivity contribution in [1.29, 1.82) is 0 Å². The Kier molecular flexibility index (Phi) is 4.02. The summed E-state index contributed by atoms with van der Waals surface area (Å²) in [4.78, 5) is 4.19. The Morgan fingerprint density at radius 1 is 1.29 bits per heavy atom. The lowest BCUT2D eigenvalue weighted by atomic mass is 10.0. The normalized spacial score (nSPS) is 13.2. The number of nitrogens with zero attached hydrogens (tertiary/aromatic N) is 1. The largest absolute Gasteiger partial charge is 0.323 e. The zero-order valence-corrected chi connectivity index (χ0v) is 11.1. The second-order valence-electron chi connectivity index (χ2n) is 4.43. The smallest absolute Gasteiger partial charge is 0.0393 e. The quantitative estimate of drug-likeness (QED) is 0.899. The molecular weight excluding hydrogens is 228 g/mol. The molecule has 1 unspecified atom stereocenters. The van der Waals surface area contributed by atoms with Gasteiger partial charge in [0.1, 0.15) is 0 Å². The second-order valence-corrected chi connectivity index (χ2v) is 6.04. The van der Waals surface area contributed by atoms with Crippen LogP contribution in [0.15, 0.2) is 36.7 Å². The third-order valence-electron chi connectivity index (χ3n) is 2.73. The molecule has 0 aliphatic carbocycles. The minimum Gasteiger partial charge on any atom is -0.323 e. The number of nitrogens with two attached hydrogens (primary N) is 1. The SMILES string of the molecule is CC(C)SCC(N)c1cccc2ccncc12. The summed E-state index contributed by atoms with van der Waals surface area (Å²) >= 11 is 1.90. The first-order valence-corrected chi connectivity index (χ1v) is 6.93. The molecule has 17 heavy (non-hydrogen) atoms. The van der Waals surface area contributed by atoms with Crippen LogP contribution in [-0.2, 0) is 0 Å². The highest BCUT2D eigenvalue weighted by Crippen LogP contribution is 2.25. The third kappa shape index (κ3) is 2.99. The summed E-state index contributed by atoms with van der Waals surface area (Å²) in [5, 5.41) is 3.00. The van der Waals surface area contributed by atoms with E-state index in [2.05, 4.69) is 37.0 Å². The Morgan fingerprint density at radius 3 is 2.88 bits per heavy atom. The molecule has 0 spiro atoms. The summed E-state index contributed by atoms with van der Waals surface area (Å²) in [6.45, 7) is 4.39. The maximum absolute atomic E-state index is 6.26. The van der Waals surface area contributed by atoms with Gasteiger partial charge in [0, 0.05) is 29.6 Å². The average molecular weight is 246 g/mol. The molecule has 0 bridgehead atoms. The van der Waals surface area contributed by atoms with Crippen molar-refractivity contribution in [2.24, 2.45) is 5.73 Å². The van der Waals surface area contributed by atoms with Crippen LogP contribution < -0.4 is 5.73 Å². The van der Waals surface area contributed by atoms with E-state index in [1.807, 2.05) is 30.2 Å². The summed E-state index contributed by atoms with van der Waals surface area (Å²) in [5.41, 5.74) is 7.46. The highest BCUT2D eigenvalue weighted by atomic mass is 32.2. The first kappa shape index (κ1) is 12.4. The Bertz CT molecular complexity index is 491. The molecular formula is C14H18N2S. The fourth-order valence-electron chi connectivity index (χ4n) is 1.85. The van der Waals surface area contributed by atoms with Crippen molar-refractivity contribution in [1.82, 2.24) is 4.98 Å². The van der Waals surface area contributed by atoms with Crippen LogP contribution in [0.1, 0.15) is 25.5 Å². The van der Waals surface area contributed by atoms with Crippen LogP contribution in [0.5, 0.6) is 0 Å². The number of thioether (sulfide) groups is 1. The van der Waals surface area contributed by atoms with Gasteiger partial charge in [-0.25, -0.2) is 0 Å². The molecule has 0 saturated carbocycles. The number of benzene rings is 1. The molecule has 0 saturated heterocycles. The first-order chi connectivity index (χ1) is 8.18. The highest BCUT2D eigenvalue weighted by molar-refractivity contribution is 7.99. The predicted octanol–water partition coefficient (Wildman–Crippen LogP) is 3.38. The lowest BCUT2D eigenvalue weighted by Gasteiger charge is -2.15. The molecule has 0 aliphatic heterocycles. The highest BCUT2D eigenvalue weighted by Gasteiger charge is 2.10. The average Bonchev–Trinajstić information content (AvgIpc) is 2.35. The van der Waals surface area contributed by atoms with Crippen molar-refractivity contribution >= 4 is 22.5 Å². The summed E-state index contributed by atoms with van der Waals surface area (Å²) in [6.07, 6.45) is 3.73. The molecule has 90 valence electrons. The number of rotatable bonds is 4. The van der Waals surface area contributed by atoms with Crippen molar-refractivity contribution in [2.75, 3.05) is 5.75 Å². The van der Waals surface area contributed by atoms with Crippen molar-refractivity contribution in [3.63, 3.8) is 0 Å². The van der Waals surface area contributed by atoms with E-state index < -0.39 is 0 Å². The molecule has 2 N–H and O–H groups in total. The van der Waals surface area contributed by atoms with Gasteiger partial charge >= 0.3 is 0 Å². The van der Waals surface area contributed by atoms with Gasteiger partial charge in [0.25, 0.3) is 0 Å². The van der Waals surface area contributed by atoms with Gasteiger partial charge in [0.05, 0.1) is 0 Å². The molecule has 2 rings (SSSR count). The molecule has 3 heteroatoms. The van der Waals surface area contributed by atoms with Gasteiger partial charge < -0.3 is 5.73 Å². The Labute approximate surface area is 107 Å². The summed E-state index contributed by atoms with van der Waals surface area (Å²) in [7, 11) is 0. The fraction of sp³-hybridized carbons (Fsp3) is 0.357. The van der Waals surface area contributed by atoms with Gasteiger partial charge in [-0.1, -0.05) is 32.0 Å². The van der Waals surface area contributed by atoms with Gasteiger partial charge in [-0.05, 0) is 22.3 Å². The minimum absolute atomic E-state index is 0.0790. The van der Waals surface area contributed by atoms with E-state index in [4.69, 9.17) is 5.73 Å². The van der Waals surface area contributed by atoms with E-state index in [9.17, 15) is 0 Å². The summed E-state index contributed by atoms with van der Waals surface area (Å²) in [5.74, 6) is 0.950. The van der Waals surface area contributed by atoms with Crippen LogP contribution in [-0.4, -0.2) is 16.0 Å². The molecule has 1 atom stereocenters. The maximum atomic E-state index is 6.26. The van der Waals surface area contributed by atoms with Crippen LogP contribution >= 0.6 is 11.8 Å². The topological polar surface area (TPSA) is 38.9 Å². The lowest BCUT2D eigenvalue weighted by molar-refractivity contribution is 0.836. The van der Waals surface area contributed by atoms with Crippen molar-refractivity contribution in [3.8, 4) is 0 Å². The minimum atomic E-state index is 0.0790. The number of pyridine rings is 1. The lowest BCUT2D eigenvalue weighted by Crippen LogP contribution is -2.14. The molecule has 1 aromatic carbocycles. The zero-order chi connectivity index (χ0) is 12.3. The van der Waals surface area contributed by atoms with E-state index in [-0.39, 0.29) is 6.04 Å². The zero-order valence-electron chi connectivity index (χ0n) is 10.3. The van der Waals surface area contributed by atoms with Crippen molar-refractivity contribution in [3.05, 3.63) is 42.2 Å². The molecule has 2 nitrogen and oxygen atoms in total. The maximum Gasteiger partial charge on any atom is 0.0393 e. The van der Waals surface area contributed by atoms with E-state index >= 15 is 0 Å². The van der Waals surface area contributed by atoms with E-state index in [0.717, 1.165) is 5.75 Å². The molecule has 1 aromatic heterocycles. The van der Waals surface area contributed by atoms with E-state index in [1.165, 1.54) is 16.3 Å². The second kappa shape index (κ2) is 5.52. The Hall–Kier alpha value is -1.06. The van der Waals surface area contributed by atoms with Gasteiger partial charge in [0.15, 0.2) is 0 Å². The fourth-order valence-corrected chi connectivity index (χ4v) is 2.62. The number of fused-ring (bicyclic) bond motifs is 1. The number of aromatic nitrogens is 1. The number of hydrogen-bond acceptors (Lipinski definition) is 3. The van der Waals surface area contributed by atoms with Crippen LogP contribution in [0.2, 0.25) is 0 Å². The van der Waals surface area contributed by atoms with E-state index in [0.29, 0.717) is 5.25 Å². The molecule has 1 heterocycles. The van der Waals surface area contributed by atoms with Gasteiger partial charge in [0.2, 0.25) is 0 Å². The van der Waals surface area contributed by atoms with Crippen molar-refractivity contribution in [2.45, 2.75) is 25.1 Å². The van der Waals surface area contributed by atoms with Crippen LogP contribution in [0.4, 0.5) is 0 Å². The molecule has 0 radical (unpaired) electrons. The number of hydrogen-bond donors (Lipinski definition) is 1. The van der Waals surface area contributed by atoms with Gasteiger partial charge in [-0.2, -0.15) is 11.8 Å². The first-order valence-electron chi connectivity index (χ1n) is 5.88. The monoisotopic (exact) mass is 246 g/mol. The third-order valence-corrected chi connectivity index (χ3v) is 3.94.